The van der Waals surface area contributed by atoms with Crippen molar-refractivity contribution in [3.63, 3.8) is 0 Å². The van der Waals surface area contributed by atoms with E-state index >= 15 is 0 Å². The maximum absolute atomic E-state index is 2.44. The number of rotatable bonds is 3. The third-order valence-corrected chi connectivity index (χ3v) is 8.29. The fraction of sp³-hybridized carbons (Fsp3) is 0.231. The standard InChI is InChI=1S/C39H39N/c1-26-32(27-15-10-8-11-16-27)21-22-35-36(26)37-33(19-14-20-34(37)40(35)31-17-12-9-13-18-31)28-23-29(38(2,3)4)25-30(24-28)39(5,6)7/h8-25H,1-7H3. The zero-order valence-corrected chi connectivity index (χ0v) is 24.8. The first-order chi connectivity index (χ1) is 19.0. The molecule has 0 saturated heterocycles. The molecule has 200 valence electrons. The van der Waals surface area contributed by atoms with Crippen LogP contribution >= 0.6 is 0 Å². The molecule has 0 unspecified atom stereocenters. The van der Waals surface area contributed by atoms with Crippen molar-refractivity contribution in [3.8, 4) is 27.9 Å². The molecular formula is C39H39N. The first-order valence-corrected chi connectivity index (χ1v) is 14.4. The highest BCUT2D eigenvalue weighted by Crippen LogP contribution is 2.44. The van der Waals surface area contributed by atoms with Crippen molar-refractivity contribution in [1.82, 2.24) is 4.57 Å². The van der Waals surface area contributed by atoms with Gasteiger partial charge in [0, 0.05) is 16.5 Å². The fourth-order valence-corrected chi connectivity index (χ4v) is 5.99. The minimum atomic E-state index is 0.0539. The van der Waals surface area contributed by atoms with Gasteiger partial charge in [-0.3, -0.25) is 0 Å². The zero-order valence-electron chi connectivity index (χ0n) is 24.8. The maximum atomic E-state index is 2.44. The van der Waals surface area contributed by atoms with Crippen LogP contribution in [0.25, 0.3) is 49.7 Å². The second-order valence-electron chi connectivity index (χ2n) is 13.2. The predicted molar refractivity (Wildman–Crippen MR) is 174 cm³/mol. The summed E-state index contributed by atoms with van der Waals surface area (Å²) >= 11 is 0. The van der Waals surface area contributed by atoms with Crippen LogP contribution in [0.15, 0.2) is 109 Å². The number of aromatic nitrogens is 1. The summed E-state index contributed by atoms with van der Waals surface area (Å²) in [6.45, 7) is 16.2. The van der Waals surface area contributed by atoms with E-state index in [1.165, 1.54) is 66.4 Å². The van der Waals surface area contributed by atoms with E-state index in [4.69, 9.17) is 0 Å². The van der Waals surface area contributed by atoms with E-state index in [1.54, 1.807) is 0 Å². The summed E-state index contributed by atoms with van der Waals surface area (Å²) < 4.78 is 2.44. The van der Waals surface area contributed by atoms with E-state index in [0.717, 1.165) is 0 Å². The molecule has 0 radical (unpaired) electrons. The molecule has 0 aliphatic carbocycles. The SMILES string of the molecule is Cc1c(-c2ccccc2)ccc2c1c1c(-c3cc(C(C)(C)C)cc(C(C)(C)C)c3)cccc1n2-c1ccccc1. The lowest BCUT2D eigenvalue weighted by Gasteiger charge is -2.26. The van der Waals surface area contributed by atoms with Gasteiger partial charge in [0.15, 0.2) is 0 Å². The summed E-state index contributed by atoms with van der Waals surface area (Å²) in [6, 6.07) is 40.2. The number of benzene rings is 5. The molecule has 1 heteroatoms. The molecule has 1 aromatic heterocycles. The molecule has 5 aromatic carbocycles. The lowest BCUT2D eigenvalue weighted by molar-refractivity contribution is 0.569. The van der Waals surface area contributed by atoms with Crippen molar-refractivity contribution in [2.75, 3.05) is 0 Å². The molecule has 40 heavy (non-hydrogen) atoms. The van der Waals surface area contributed by atoms with Gasteiger partial charge in [0.1, 0.15) is 0 Å². The van der Waals surface area contributed by atoms with Crippen molar-refractivity contribution in [1.29, 1.82) is 0 Å². The second-order valence-corrected chi connectivity index (χ2v) is 13.2. The van der Waals surface area contributed by atoms with Gasteiger partial charge in [-0.25, -0.2) is 0 Å². The molecule has 0 fully saturated rings. The first kappa shape index (κ1) is 26.1. The van der Waals surface area contributed by atoms with Crippen LogP contribution < -0.4 is 0 Å². The molecule has 0 bridgehead atoms. The third-order valence-electron chi connectivity index (χ3n) is 8.29. The Morgan fingerprint density at radius 2 is 1.05 bits per heavy atom. The monoisotopic (exact) mass is 521 g/mol. The van der Waals surface area contributed by atoms with Gasteiger partial charge in [0.25, 0.3) is 0 Å². The highest BCUT2D eigenvalue weighted by atomic mass is 15.0. The van der Waals surface area contributed by atoms with Crippen LogP contribution in [-0.2, 0) is 10.8 Å². The minimum Gasteiger partial charge on any atom is -0.309 e. The summed E-state index contributed by atoms with van der Waals surface area (Å²) in [5, 5.41) is 2.65. The van der Waals surface area contributed by atoms with E-state index in [1.807, 2.05) is 0 Å². The molecule has 0 N–H and O–H groups in total. The van der Waals surface area contributed by atoms with Gasteiger partial charge < -0.3 is 4.57 Å². The minimum absolute atomic E-state index is 0.0539. The number of fused-ring (bicyclic) bond motifs is 3. The Kier molecular flexibility index (Phi) is 6.22. The topological polar surface area (TPSA) is 4.93 Å². The highest BCUT2D eigenvalue weighted by Gasteiger charge is 2.24. The summed E-state index contributed by atoms with van der Waals surface area (Å²) in [5.74, 6) is 0. The Morgan fingerprint density at radius 1 is 0.475 bits per heavy atom. The van der Waals surface area contributed by atoms with E-state index in [2.05, 4.69) is 162 Å². The van der Waals surface area contributed by atoms with Gasteiger partial charge >= 0.3 is 0 Å². The molecule has 1 nitrogen and oxygen atoms in total. The molecule has 0 spiro atoms. The van der Waals surface area contributed by atoms with Crippen molar-refractivity contribution >= 4 is 21.8 Å². The average molecular weight is 522 g/mol. The van der Waals surface area contributed by atoms with Crippen LogP contribution in [0.4, 0.5) is 0 Å². The van der Waals surface area contributed by atoms with Gasteiger partial charge in [0.05, 0.1) is 11.0 Å². The number of para-hydroxylation sites is 1. The van der Waals surface area contributed by atoms with Crippen molar-refractivity contribution in [2.45, 2.75) is 59.3 Å². The van der Waals surface area contributed by atoms with Crippen LogP contribution in [0.5, 0.6) is 0 Å². The smallest absolute Gasteiger partial charge is 0.0547 e. The molecule has 0 aliphatic rings. The van der Waals surface area contributed by atoms with E-state index < -0.39 is 0 Å². The summed E-state index contributed by atoms with van der Waals surface area (Å²) in [7, 11) is 0. The Balaban J connectivity index is 1.76. The predicted octanol–water partition coefficient (Wildman–Crippen LogP) is 11.0. The van der Waals surface area contributed by atoms with Crippen molar-refractivity contribution in [3.05, 3.63) is 126 Å². The van der Waals surface area contributed by atoms with Gasteiger partial charge in [-0.1, -0.05) is 126 Å². The summed E-state index contributed by atoms with van der Waals surface area (Å²) in [5.41, 5.74) is 13.0. The quantitative estimate of drug-likeness (QED) is 0.218. The molecule has 0 aliphatic heterocycles. The zero-order chi connectivity index (χ0) is 28.2. The first-order valence-electron chi connectivity index (χ1n) is 14.4. The normalized spacial score (nSPS) is 12.4. The number of nitrogens with zero attached hydrogens (tertiary/aromatic N) is 1. The average Bonchev–Trinajstić information content (AvgIpc) is 3.28. The molecule has 0 amide bonds. The molecule has 0 saturated carbocycles. The molecule has 6 aromatic rings. The second kappa shape index (κ2) is 9.52. The van der Waals surface area contributed by atoms with Crippen LogP contribution in [0.1, 0.15) is 58.2 Å². The van der Waals surface area contributed by atoms with Gasteiger partial charge in [0.2, 0.25) is 0 Å². The largest absolute Gasteiger partial charge is 0.309 e. The van der Waals surface area contributed by atoms with E-state index in [-0.39, 0.29) is 10.8 Å². The van der Waals surface area contributed by atoms with Crippen LogP contribution in [-0.4, -0.2) is 4.57 Å². The van der Waals surface area contributed by atoms with Gasteiger partial charge in [-0.05, 0) is 81.0 Å². The molecule has 1 heterocycles. The van der Waals surface area contributed by atoms with Crippen LogP contribution in [0, 0.1) is 6.92 Å². The fourth-order valence-electron chi connectivity index (χ4n) is 5.99. The Labute approximate surface area is 239 Å². The highest BCUT2D eigenvalue weighted by molar-refractivity contribution is 6.18. The van der Waals surface area contributed by atoms with Crippen LogP contribution in [0.2, 0.25) is 0 Å². The Morgan fingerprint density at radius 3 is 1.65 bits per heavy atom. The van der Waals surface area contributed by atoms with Gasteiger partial charge in [-0.2, -0.15) is 0 Å². The Bertz CT molecular complexity index is 1810. The third kappa shape index (κ3) is 4.44. The van der Waals surface area contributed by atoms with Gasteiger partial charge in [-0.15, -0.1) is 0 Å². The lowest BCUT2D eigenvalue weighted by atomic mass is 9.78. The Hall–Kier alpha value is -4.10. The summed E-state index contributed by atoms with van der Waals surface area (Å²) in [6.07, 6.45) is 0. The molecule has 6 rings (SSSR count). The number of hydrogen-bond acceptors (Lipinski definition) is 0. The maximum Gasteiger partial charge on any atom is 0.0547 e. The van der Waals surface area contributed by atoms with Crippen molar-refractivity contribution in [2.24, 2.45) is 0 Å². The van der Waals surface area contributed by atoms with E-state index in [0.29, 0.717) is 0 Å². The lowest BCUT2D eigenvalue weighted by Crippen LogP contribution is -2.16. The van der Waals surface area contributed by atoms with Crippen LogP contribution in [0.3, 0.4) is 0 Å². The molecular weight excluding hydrogens is 482 g/mol. The number of aryl methyl sites for hydroxylation is 1. The van der Waals surface area contributed by atoms with E-state index in [9.17, 15) is 0 Å². The molecule has 0 atom stereocenters. The summed E-state index contributed by atoms with van der Waals surface area (Å²) in [4.78, 5) is 0. The van der Waals surface area contributed by atoms with Crippen molar-refractivity contribution < 1.29 is 0 Å². The number of hydrogen-bond donors (Lipinski definition) is 0.